The number of hydrogen-bond donors (Lipinski definition) is 3. The fourth-order valence-corrected chi connectivity index (χ4v) is 2.33. The molecule has 0 saturated carbocycles. The summed E-state index contributed by atoms with van der Waals surface area (Å²) in [6.45, 7) is 1.80. The van der Waals surface area contributed by atoms with Gasteiger partial charge in [0.15, 0.2) is 0 Å². The number of benzene rings is 2. The quantitative estimate of drug-likeness (QED) is 0.745. The van der Waals surface area contributed by atoms with E-state index < -0.39 is 10.0 Å². The third-order valence-corrected chi connectivity index (χ3v) is 3.88. The second kappa shape index (κ2) is 5.55. The van der Waals surface area contributed by atoms with E-state index in [0.717, 1.165) is 5.56 Å². The molecular weight excluding hydrogens is 290 g/mol. The van der Waals surface area contributed by atoms with E-state index in [0.29, 0.717) is 16.9 Å². The molecule has 2 rings (SSSR count). The van der Waals surface area contributed by atoms with Crippen molar-refractivity contribution in [3.05, 3.63) is 53.6 Å². The molecule has 110 valence electrons. The highest BCUT2D eigenvalue weighted by molar-refractivity contribution is 7.89. The molecule has 2 aromatic rings. The smallest absolute Gasteiger partial charge is 0.256 e. The van der Waals surface area contributed by atoms with E-state index in [-0.39, 0.29) is 10.8 Å². The summed E-state index contributed by atoms with van der Waals surface area (Å²) < 4.78 is 22.3. The minimum Gasteiger partial charge on any atom is -0.399 e. The van der Waals surface area contributed by atoms with Crippen molar-refractivity contribution < 1.29 is 13.2 Å². The van der Waals surface area contributed by atoms with Crippen molar-refractivity contribution in [3.8, 4) is 0 Å². The molecule has 1 amide bonds. The number of nitrogens with two attached hydrogens (primary N) is 2. The predicted molar refractivity (Wildman–Crippen MR) is 81.4 cm³/mol. The number of carbonyl (C=O) groups is 1. The first-order chi connectivity index (χ1) is 9.77. The van der Waals surface area contributed by atoms with Crippen molar-refractivity contribution >= 4 is 27.3 Å². The summed E-state index contributed by atoms with van der Waals surface area (Å²) in [7, 11) is -3.74. The van der Waals surface area contributed by atoms with Gasteiger partial charge in [-0.3, -0.25) is 4.79 Å². The zero-order valence-corrected chi connectivity index (χ0v) is 12.1. The summed E-state index contributed by atoms with van der Waals surface area (Å²) in [4.78, 5) is 12.1. The number of nitrogens with one attached hydrogen (secondary N) is 1. The molecule has 0 aliphatic carbocycles. The van der Waals surface area contributed by atoms with E-state index in [4.69, 9.17) is 10.9 Å². The molecule has 5 N–H and O–H groups in total. The third-order valence-electron chi connectivity index (χ3n) is 2.95. The molecule has 0 fully saturated rings. The topological polar surface area (TPSA) is 115 Å². The summed E-state index contributed by atoms with van der Waals surface area (Å²) in [6, 6.07) is 10.7. The van der Waals surface area contributed by atoms with Gasteiger partial charge in [-0.25, -0.2) is 13.6 Å². The lowest BCUT2D eigenvalue weighted by atomic mass is 10.1. The molecule has 0 aliphatic rings. The van der Waals surface area contributed by atoms with Gasteiger partial charge in [0.25, 0.3) is 5.91 Å². The number of carbonyl (C=O) groups excluding carboxylic acids is 1. The van der Waals surface area contributed by atoms with Gasteiger partial charge in [0, 0.05) is 16.9 Å². The number of hydrogen-bond acceptors (Lipinski definition) is 4. The van der Waals surface area contributed by atoms with Gasteiger partial charge >= 0.3 is 0 Å². The molecule has 2 aromatic carbocycles. The van der Waals surface area contributed by atoms with Gasteiger partial charge in [-0.2, -0.15) is 0 Å². The SMILES string of the molecule is Cc1ccc(N)cc1C(=O)Nc1ccc(S(N)(=O)=O)cc1. The van der Waals surface area contributed by atoms with E-state index in [1.807, 2.05) is 0 Å². The Morgan fingerprint density at radius 2 is 1.71 bits per heavy atom. The number of primary sulfonamides is 1. The molecule has 21 heavy (non-hydrogen) atoms. The monoisotopic (exact) mass is 305 g/mol. The predicted octanol–water partition coefficient (Wildman–Crippen LogP) is 1.48. The van der Waals surface area contributed by atoms with Crippen LogP contribution in [0.3, 0.4) is 0 Å². The Labute approximate surface area is 122 Å². The van der Waals surface area contributed by atoms with Crippen molar-refractivity contribution in [1.82, 2.24) is 0 Å². The van der Waals surface area contributed by atoms with Crippen LogP contribution in [0, 0.1) is 6.92 Å². The zero-order chi connectivity index (χ0) is 15.6. The molecule has 0 unspecified atom stereocenters. The largest absolute Gasteiger partial charge is 0.399 e. The van der Waals surface area contributed by atoms with Crippen LogP contribution in [0.25, 0.3) is 0 Å². The van der Waals surface area contributed by atoms with Crippen molar-refractivity contribution in [2.24, 2.45) is 5.14 Å². The Balaban J connectivity index is 2.22. The summed E-state index contributed by atoms with van der Waals surface area (Å²) >= 11 is 0. The standard InChI is InChI=1S/C14H15N3O3S/c1-9-2-3-10(15)8-13(9)14(18)17-11-4-6-12(7-5-11)21(16,19)20/h2-8H,15H2,1H3,(H,17,18)(H2,16,19,20). The van der Waals surface area contributed by atoms with Crippen LogP contribution in [0.5, 0.6) is 0 Å². The molecule has 0 bridgehead atoms. The number of anilines is 2. The first-order valence-electron chi connectivity index (χ1n) is 6.08. The Hall–Kier alpha value is -2.38. The Morgan fingerprint density at radius 1 is 1.10 bits per heavy atom. The number of aryl methyl sites for hydroxylation is 1. The highest BCUT2D eigenvalue weighted by Crippen LogP contribution is 2.17. The zero-order valence-electron chi connectivity index (χ0n) is 11.3. The average Bonchev–Trinajstić information content (AvgIpc) is 2.41. The summed E-state index contributed by atoms with van der Waals surface area (Å²) in [5.41, 5.74) is 7.89. The van der Waals surface area contributed by atoms with Crippen LogP contribution in [0.15, 0.2) is 47.4 Å². The molecule has 0 aliphatic heterocycles. The Morgan fingerprint density at radius 3 is 2.29 bits per heavy atom. The fraction of sp³-hybridized carbons (Fsp3) is 0.0714. The fourth-order valence-electron chi connectivity index (χ4n) is 1.81. The molecule has 0 aromatic heterocycles. The number of rotatable bonds is 3. The molecule has 0 heterocycles. The lowest BCUT2D eigenvalue weighted by molar-refractivity contribution is 0.102. The van der Waals surface area contributed by atoms with Crippen LogP contribution in [-0.2, 0) is 10.0 Å². The second-order valence-corrected chi connectivity index (χ2v) is 6.16. The number of sulfonamides is 1. The molecule has 0 radical (unpaired) electrons. The van der Waals surface area contributed by atoms with Crippen molar-refractivity contribution in [3.63, 3.8) is 0 Å². The van der Waals surface area contributed by atoms with Gasteiger partial charge in [0.2, 0.25) is 10.0 Å². The number of amides is 1. The minimum atomic E-state index is -3.74. The first kappa shape index (κ1) is 15.0. The van der Waals surface area contributed by atoms with Gasteiger partial charge < -0.3 is 11.1 Å². The average molecular weight is 305 g/mol. The molecule has 7 heteroatoms. The van der Waals surface area contributed by atoms with Crippen molar-refractivity contribution in [1.29, 1.82) is 0 Å². The normalized spacial score (nSPS) is 11.1. The summed E-state index contributed by atoms with van der Waals surface area (Å²) in [6.07, 6.45) is 0. The molecular formula is C14H15N3O3S. The van der Waals surface area contributed by atoms with Gasteiger partial charge in [-0.1, -0.05) is 6.07 Å². The van der Waals surface area contributed by atoms with Crippen LogP contribution in [0.1, 0.15) is 15.9 Å². The maximum absolute atomic E-state index is 12.2. The van der Waals surface area contributed by atoms with Crippen LogP contribution in [-0.4, -0.2) is 14.3 Å². The van der Waals surface area contributed by atoms with Gasteiger partial charge in [0.05, 0.1) is 4.90 Å². The minimum absolute atomic E-state index is 0.0133. The second-order valence-electron chi connectivity index (χ2n) is 4.60. The van der Waals surface area contributed by atoms with Crippen LogP contribution in [0.2, 0.25) is 0 Å². The first-order valence-corrected chi connectivity index (χ1v) is 7.62. The van der Waals surface area contributed by atoms with Crippen molar-refractivity contribution in [2.75, 3.05) is 11.1 Å². The Bertz CT molecular complexity index is 784. The molecule has 0 atom stereocenters. The van der Waals surface area contributed by atoms with Gasteiger partial charge in [-0.15, -0.1) is 0 Å². The van der Waals surface area contributed by atoms with Crippen LogP contribution < -0.4 is 16.2 Å². The highest BCUT2D eigenvalue weighted by Gasteiger charge is 2.11. The molecule has 0 saturated heterocycles. The van der Waals surface area contributed by atoms with Crippen LogP contribution >= 0.6 is 0 Å². The molecule has 0 spiro atoms. The van der Waals surface area contributed by atoms with E-state index in [2.05, 4.69) is 5.32 Å². The van der Waals surface area contributed by atoms with Crippen LogP contribution in [0.4, 0.5) is 11.4 Å². The Kier molecular flexibility index (Phi) is 3.97. The summed E-state index contributed by atoms with van der Waals surface area (Å²) in [5, 5.41) is 7.68. The van der Waals surface area contributed by atoms with E-state index in [1.54, 1.807) is 25.1 Å². The van der Waals surface area contributed by atoms with E-state index >= 15 is 0 Å². The third kappa shape index (κ3) is 3.59. The summed E-state index contributed by atoms with van der Waals surface area (Å²) in [5.74, 6) is -0.317. The van der Waals surface area contributed by atoms with Gasteiger partial charge in [-0.05, 0) is 48.9 Å². The van der Waals surface area contributed by atoms with E-state index in [1.165, 1.54) is 24.3 Å². The van der Waals surface area contributed by atoms with Crippen molar-refractivity contribution in [2.45, 2.75) is 11.8 Å². The van der Waals surface area contributed by atoms with E-state index in [9.17, 15) is 13.2 Å². The maximum atomic E-state index is 12.2. The van der Waals surface area contributed by atoms with Gasteiger partial charge in [0.1, 0.15) is 0 Å². The lowest BCUT2D eigenvalue weighted by Gasteiger charge is -2.09. The number of nitrogen functional groups attached to an aromatic ring is 1. The highest BCUT2D eigenvalue weighted by atomic mass is 32.2. The lowest BCUT2D eigenvalue weighted by Crippen LogP contribution is -2.15. The molecule has 6 nitrogen and oxygen atoms in total. The maximum Gasteiger partial charge on any atom is 0.256 e.